The maximum absolute atomic E-state index is 12.2. The quantitative estimate of drug-likeness (QED) is 0.671. The first-order chi connectivity index (χ1) is 11.2. The lowest BCUT2D eigenvalue weighted by atomic mass is 9.91. The van der Waals surface area contributed by atoms with Crippen LogP contribution in [0.1, 0.15) is 11.6 Å². The van der Waals surface area contributed by atoms with E-state index in [-0.39, 0.29) is 5.88 Å². The number of alkyl halides is 1. The molecule has 5 nitrogen and oxygen atoms in total. The van der Waals surface area contributed by atoms with Crippen LogP contribution in [0.4, 0.5) is 4.79 Å². The van der Waals surface area contributed by atoms with Crippen molar-refractivity contribution in [3.8, 4) is 0 Å². The Bertz CT molecular complexity index is 811. The minimum atomic E-state index is -0.615. The van der Waals surface area contributed by atoms with Crippen LogP contribution in [0.2, 0.25) is 0 Å². The summed E-state index contributed by atoms with van der Waals surface area (Å²) in [6.07, 6.45) is 0. The molecule has 1 atom stereocenters. The second kappa shape index (κ2) is 6.30. The van der Waals surface area contributed by atoms with Gasteiger partial charge >= 0.3 is 12.0 Å². The number of halogens is 1. The monoisotopic (exact) mass is 330 g/mol. The van der Waals surface area contributed by atoms with Crippen LogP contribution in [0.25, 0.3) is 10.8 Å². The molecule has 1 aliphatic rings. The third kappa shape index (κ3) is 2.75. The minimum absolute atomic E-state index is 0.0130. The van der Waals surface area contributed by atoms with Crippen LogP contribution in [0.15, 0.2) is 53.7 Å². The van der Waals surface area contributed by atoms with Gasteiger partial charge in [-0.2, -0.15) is 0 Å². The van der Waals surface area contributed by atoms with Crippen LogP contribution in [-0.4, -0.2) is 25.0 Å². The number of rotatable bonds is 3. The van der Waals surface area contributed by atoms with Crippen molar-refractivity contribution in [1.29, 1.82) is 0 Å². The largest absolute Gasteiger partial charge is 0.466 e. The summed E-state index contributed by atoms with van der Waals surface area (Å²) >= 11 is 5.90. The number of amides is 2. The molecule has 0 bridgehead atoms. The van der Waals surface area contributed by atoms with Crippen LogP contribution in [-0.2, 0) is 9.53 Å². The average molecular weight is 331 g/mol. The number of hydrogen-bond donors (Lipinski definition) is 2. The predicted molar refractivity (Wildman–Crippen MR) is 88.1 cm³/mol. The van der Waals surface area contributed by atoms with Crippen LogP contribution in [0.5, 0.6) is 0 Å². The first kappa shape index (κ1) is 15.4. The fourth-order valence-corrected chi connectivity index (χ4v) is 3.02. The Hall–Kier alpha value is -2.53. The van der Waals surface area contributed by atoms with Gasteiger partial charge < -0.3 is 15.4 Å². The maximum atomic E-state index is 12.2. The molecule has 0 saturated heterocycles. The number of urea groups is 1. The van der Waals surface area contributed by atoms with Crippen molar-refractivity contribution >= 4 is 34.4 Å². The smallest absolute Gasteiger partial charge is 0.338 e. The Morgan fingerprint density at radius 1 is 1.22 bits per heavy atom. The van der Waals surface area contributed by atoms with E-state index in [1.54, 1.807) is 0 Å². The first-order valence-corrected chi connectivity index (χ1v) is 7.61. The summed E-state index contributed by atoms with van der Waals surface area (Å²) in [5, 5.41) is 7.34. The lowest BCUT2D eigenvalue weighted by Gasteiger charge is -2.29. The number of carbonyl (C=O) groups excluding carboxylic acids is 2. The van der Waals surface area contributed by atoms with E-state index in [0.29, 0.717) is 11.3 Å². The zero-order chi connectivity index (χ0) is 16.4. The average Bonchev–Trinajstić information content (AvgIpc) is 2.59. The number of nitrogens with one attached hydrogen (secondary N) is 2. The molecule has 2 N–H and O–H groups in total. The lowest BCUT2D eigenvalue weighted by Crippen LogP contribution is -2.46. The van der Waals surface area contributed by atoms with E-state index in [1.165, 1.54) is 7.11 Å². The second-order valence-electron chi connectivity index (χ2n) is 5.12. The molecular formula is C17H15ClN2O3. The number of methoxy groups -OCH3 is 1. The minimum Gasteiger partial charge on any atom is -0.466 e. The third-order valence-corrected chi connectivity index (χ3v) is 4.09. The van der Waals surface area contributed by atoms with E-state index in [4.69, 9.17) is 16.3 Å². The first-order valence-electron chi connectivity index (χ1n) is 7.08. The summed E-state index contributed by atoms with van der Waals surface area (Å²) in [7, 11) is 1.30. The van der Waals surface area contributed by atoms with Gasteiger partial charge in [-0.1, -0.05) is 42.5 Å². The number of allylic oxidation sites excluding steroid dienone is 1. The Kier molecular flexibility index (Phi) is 4.21. The van der Waals surface area contributed by atoms with E-state index in [9.17, 15) is 9.59 Å². The molecule has 0 aromatic heterocycles. The van der Waals surface area contributed by atoms with Crippen LogP contribution in [0, 0.1) is 0 Å². The Balaban J connectivity index is 2.22. The van der Waals surface area contributed by atoms with Crippen LogP contribution >= 0.6 is 11.6 Å². The van der Waals surface area contributed by atoms with E-state index >= 15 is 0 Å². The van der Waals surface area contributed by atoms with Gasteiger partial charge in [-0.25, -0.2) is 9.59 Å². The zero-order valence-electron chi connectivity index (χ0n) is 12.4. The summed E-state index contributed by atoms with van der Waals surface area (Å²) in [6.45, 7) is 0. The van der Waals surface area contributed by atoms with Gasteiger partial charge in [0, 0.05) is 5.70 Å². The Morgan fingerprint density at radius 3 is 2.70 bits per heavy atom. The van der Waals surface area contributed by atoms with Gasteiger partial charge in [0.2, 0.25) is 0 Å². The highest BCUT2D eigenvalue weighted by molar-refractivity contribution is 6.20. The van der Waals surface area contributed by atoms with Gasteiger partial charge in [0.05, 0.1) is 24.6 Å². The van der Waals surface area contributed by atoms with Gasteiger partial charge in [0.1, 0.15) is 0 Å². The molecule has 118 valence electrons. The molecule has 2 aromatic rings. The molecule has 0 spiro atoms. The highest BCUT2D eigenvalue weighted by Crippen LogP contribution is 2.32. The van der Waals surface area contributed by atoms with Crippen molar-refractivity contribution in [2.24, 2.45) is 0 Å². The molecule has 0 saturated carbocycles. The fraction of sp³-hybridized carbons (Fsp3) is 0.176. The molecule has 1 heterocycles. The van der Waals surface area contributed by atoms with Crippen LogP contribution < -0.4 is 10.6 Å². The number of carbonyl (C=O) groups is 2. The van der Waals surface area contributed by atoms with Gasteiger partial charge in [-0.15, -0.1) is 11.6 Å². The molecule has 2 amide bonds. The summed E-state index contributed by atoms with van der Waals surface area (Å²) < 4.78 is 4.87. The van der Waals surface area contributed by atoms with E-state index in [2.05, 4.69) is 10.6 Å². The molecule has 2 aromatic carbocycles. The fourth-order valence-electron chi connectivity index (χ4n) is 2.81. The molecule has 1 unspecified atom stereocenters. The zero-order valence-corrected chi connectivity index (χ0v) is 13.2. The van der Waals surface area contributed by atoms with Crippen molar-refractivity contribution in [3.05, 3.63) is 59.3 Å². The molecule has 6 heteroatoms. The molecule has 0 fully saturated rings. The highest BCUT2D eigenvalue weighted by Gasteiger charge is 2.33. The number of esters is 1. The van der Waals surface area contributed by atoms with Crippen molar-refractivity contribution in [2.75, 3.05) is 13.0 Å². The van der Waals surface area contributed by atoms with Gasteiger partial charge in [0.15, 0.2) is 0 Å². The number of ether oxygens (including phenoxy) is 1. The standard InChI is InChI=1S/C17H15ClN2O3/c1-23-16(21)14-13(9-18)19-17(22)20-15(14)12-8-4-6-10-5-2-3-7-11(10)12/h2-8,15H,9H2,1H3,(H2,19,20,22). The molecule has 0 radical (unpaired) electrons. The Labute approximate surface area is 138 Å². The van der Waals surface area contributed by atoms with Crippen molar-refractivity contribution in [2.45, 2.75) is 6.04 Å². The number of benzene rings is 2. The molecule has 3 rings (SSSR count). The predicted octanol–water partition coefficient (Wildman–Crippen LogP) is 2.86. The van der Waals surface area contributed by atoms with Gasteiger partial charge in [-0.05, 0) is 16.3 Å². The summed E-state index contributed by atoms with van der Waals surface area (Å²) in [4.78, 5) is 24.2. The summed E-state index contributed by atoms with van der Waals surface area (Å²) in [5.41, 5.74) is 1.50. The maximum Gasteiger partial charge on any atom is 0.338 e. The van der Waals surface area contributed by atoms with Gasteiger partial charge in [0.25, 0.3) is 0 Å². The van der Waals surface area contributed by atoms with Crippen molar-refractivity contribution < 1.29 is 14.3 Å². The number of fused-ring (bicyclic) bond motifs is 1. The van der Waals surface area contributed by atoms with Gasteiger partial charge in [-0.3, -0.25) is 0 Å². The Morgan fingerprint density at radius 2 is 1.96 bits per heavy atom. The molecule has 23 heavy (non-hydrogen) atoms. The van der Waals surface area contributed by atoms with Crippen LogP contribution in [0.3, 0.4) is 0 Å². The lowest BCUT2D eigenvalue weighted by molar-refractivity contribution is -0.136. The topological polar surface area (TPSA) is 67.4 Å². The van der Waals surface area contributed by atoms with Crippen molar-refractivity contribution in [3.63, 3.8) is 0 Å². The number of hydrogen-bond acceptors (Lipinski definition) is 3. The SMILES string of the molecule is COC(=O)C1=C(CCl)NC(=O)NC1c1cccc2ccccc12. The van der Waals surface area contributed by atoms with E-state index in [0.717, 1.165) is 16.3 Å². The molecule has 0 aliphatic carbocycles. The van der Waals surface area contributed by atoms with E-state index < -0.39 is 18.0 Å². The summed E-state index contributed by atoms with van der Waals surface area (Å²) in [5.74, 6) is -0.509. The molecule has 1 aliphatic heterocycles. The van der Waals surface area contributed by atoms with Crippen molar-refractivity contribution in [1.82, 2.24) is 10.6 Å². The third-order valence-electron chi connectivity index (χ3n) is 3.83. The normalized spacial score (nSPS) is 17.7. The highest BCUT2D eigenvalue weighted by atomic mass is 35.5. The van der Waals surface area contributed by atoms with E-state index in [1.807, 2.05) is 42.5 Å². The second-order valence-corrected chi connectivity index (χ2v) is 5.38. The molecular weight excluding hydrogens is 316 g/mol. The summed E-state index contributed by atoms with van der Waals surface area (Å²) in [6, 6.07) is 12.5.